The Hall–Kier alpha value is -8.18. The number of para-hydroxylation sites is 1. The number of hydrogen-bond donors (Lipinski definition) is 21. The molecule has 0 saturated heterocycles. The van der Waals surface area contributed by atoms with E-state index in [9.17, 15) is 73.5 Å². The number of rotatable bonds is 45. The maximum Gasteiger partial charge on any atom is 0.328 e. The van der Waals surface area contributed by atoms with Crippen LogP contribution in [0, 0.1) is 0 Å². The highest BCUT2D eigenvalue weighted by atomic mass is 32.2. The van der Waals surface area contributed by atoms with Crippen molar-refractivity contribution in [3.63, 3.8) is 0 Å². The summed E-state index contributed by atoms with van der Waals surface area (Å²) in [5.41, 5.74) is 35.8. The number of thioether (sulfide) groups is 1. The first-order chi connectivity index (χ1) is 44.3. The van der Waals surface area contributed by atoms with Gasteiger partial charge in [0.1, 0.15) is 54.1 Å². The van der Waals surface area contributed by atoms with E-state index in [1.54, 1.807) is 36.7 Å². The van der Waals surface area contributed by atoms with Crippen LogP contribution in [0.3, 0.4) is 0 Å². The van der Waals surface area contributed by atoms with Gasteiger partial charge in [-0.05, 0) is 145 Å². The summed E-state index contributed by atoms with van der Waals surface area (Å²) < 4.78 is 0. The van der Waals surface area contributed by atoms with Crippen molar-refractivity contribution in [3.05, 3.63) is 65.9 Å². The summed E-state index contributed by atoms with van der Waals surface area (Å²) in [5, 5.41) is 74.8. The molecule has 3 aromatic rings. The number of unbranched alkanes of at least 4 members (excludes halogenated alkanes) is 3. The van der Waals surface area contributed by atoms with Crippen molar-refractivity contribution in [3.8, 4) is 5.75 Å². The van der Waals surface area contributed by atoms with Crippen molar-refractivity contribution in [2.24, 2.45) is 39.4 Å². The van der Waals surface area contributed by atoms with E-state index in [2.05, 4.69) is 57.8 Å². The number of aliphatic imine (C=N–C) groups is 1. The van der Waals surface area contributed by atoms with Crippen LogP contribution in [0.4, 0.5) is 0 Å². The molecule has 0 aliphatic heterocycles. The van der Waals surface area contributed by atoms with E-state index in [4.69, 9.17) is 34.4 Å². The topological polar surface area (TPSA) is 564 Å². The number of aliphatic hydroxyl groups excluding tert-OH is 3. The average molecular weight is 1330 g/mol. The van der Waals surface area contributed by atoms with E-state index in [0.717, 1.165) is 0 Å². The predicted molar refractivity (Wildman–Crippen MR) is 349 cm³/mol. The number of nitrogens with two attached hydrogens (primary N) is 6. The lowest BCUT2D eigenvalue weighted by Gasteiger charge is -2.28. The molecule has 0 spiro atoms. The van der Waals surface area contributed by atoms with Gasteiger partial charge in [0.2, 0.25) is 53.2 Å². The molecule has 2 aromatic carbocycles. The molecule has 3 rings (SSSR count). The molecule has 0 aliphatic rings. The summed E-state index contributed by atoms with van der Waals surface area (Å²) in [6.07, 6.45) is 2.45. The molecule has 1 aromatic heterocycles. The van der Waals surface area contributed by atoms with E-state index in [1.165, 1.54) is 49.9 Å². The maximum absolute atomic E-state index is 15.0. The van der Waals surface area contributed by atoms with E-state index in [0.29, 0.717) is 67.1 Å². The largest absolute Gasteiger partial charge is 0.508 e. The molecule has 32 nitrogen and oxygen atoms in total. The molecular weight excluding hydrogens is 1230 g/mol. The van der Waals surface area contributed by atoms with Gasteiger partial charge in [-0.3, -0.25) is 48.1 Å². The highest BCUT2D eigenvalue weighted by molar-refractivity contribution is 7.98. The van der Waals surface area contributed by atoms with E-state index in [1.807, 2.05) is 0 Å². The van der Waals surface area contributed by atoms with Gasteiger partial charge in [0.05, 0.1) is 24.9 Å². The molecule has 518 valence electrons. The first-order valence-corrected chi connectivity index (χ1v) is 32.3. The molecule has 0 bridgehead atoms. The monoisotopic (exact) mass is 1330 g/mol. The number of hydrogen-bond acceptors (Lipinski definition) is 20. The summed E-state index contributed by atoms with van der Waals surface area (Å²) >= 11 is 1.30. The Morgan fingerprint density at radius 1 is 0.527 bits per heavy atom. The number of nitrogens with one attached hydrogen (secondary N) is 10. The fourth-order valence-corrected chi connectivity index (χ4v) is 10.1. The third-order valence-electron chi connectivity index (χ3n) is 15.0. The van der Waals surface area contributed by atoms with Crippen LogP contribution < -0.4 is 82.3 Å². The van der Waals surface area contributed by atoms with Crippen LogP contribution in [0.25, 0.3) is 10.9 Å². The van der Waals surface area contributed by atoms with Gasteiger partial charge in [0.15, 0.2) is 12.0 Å². The summed E-state index contributed by atoms with van der Waals surface area (Å²) in [6.45, 7) is 2.17. The predicted octanol–water partition coefficient (Wildman–Crippen LogP) is -4.62. The first-order valence-electron chi connectivity index (χ1n) is 30.9. The number of guanidine groups is 1. The number of carbonyl (C=O) groups excluding carboxylic acids is 9. The Morgan fingerprint density at radius 2 is 0.957 bits per heavy atom. The number of carboxylic acids is 1. The zero-order valence-electron chi connectivity index (χ0n) is 52.9. The molecular formula is C60H97N17O15S. The maximum atomic E-state index is 15.0. The minimum absolute atomic E-state index is 0.00213. The smallest absolute Gasteiger partial charge is 0.328 e. The lowest BCUT2D eigenvalue weighted by Crippen LogP contribution is -2.62. The second-order valence-electron chi connectivity index (χ2n) is 22.5. The van der Waals surface area contributed by atoms with Crippen LogP contribution in [0.1, 0.15) is 102 Å². The van der Waals surface area contributed by atoms with Gasteiger partial charge < -0.3 is 113 Å². The fourth-order valence-electron chi connectivity index (χ4n) is 9.64. The van der Waals surface area contributed by atoms with Crippen molar-refractivity contribution in [2.75, 3.05) is 44.8 Å². The molecule has 12 atom stereocenters. The molecule has 1 heterocycles. The highest BCUT2D eigenvalue weighted by Gasteiger charge is 2.37. The molecule has 93 heavy (non-hydrogen) atoms. The molecule has 0 fully saturated rings. The summed E-state index contributed by atoms with van der Waals surface area (Å²) in [7, 11) is 0. The van der Waals surface area contributed by atoms with Crippen LogP contribution in [0.5, 0.6) is 5.75 Å². The molecule has 0 radical (unpaired) electrons. The van der Waals surface area contributed by atoms with Gasteiger partial charge >= 0.3 is 5.97 Å². The first kappa shape index (κ1) is 79.1. The number of phenols is 1. The Kier molecular flexibility index (Phi) is 35.8. The summed E-state index contributed by atoms with van der Waals surface area (Å²) in [6, 6.07) is -2.34. The number of aliphatic carboxylic acids is 1. The Balaban J connectivity index is 2.03. The number of aromatic hydroxyl groups is 1. The minimum Gasteiger partial charge on any atom is -0.508 e. The van der Waals surface area contributed by atoms with Crippen molar-refractivity contribution in [1.29, 1.82) is 0 Å². The third-order valence-corrected chi connectivity index (χ3v) is 15.6. The van der Waals surface area contributed by atoms with Crippen LogP contribution in [-0.2, 0) is 60.8 Å². The number of H-pyrrole nitrogens is 1. The van der Waals surface area contributed by atoms with Crippen LogP contribution >= 0.6 is 11.8 Å². The van der Waals surface area contributed by atoms with Crippen molar-refractivity contribution in [1.82, 2.24) is 52.8 Å². The number of carboxylic acid groups (broad SMARTS) is 1. The minimum atomic E-state index is -1.80. The van der Waals surface area contributed by atoms with E-state index < -0.39 is 138 Å². The highest BCUT2D eigenvalue weighted by Crippen LogP contribution is 2.21. The Morgan fingerprint density at radius 3 is 1.45 bits per heavy atom. The van der Waals surface area contributed by atoms with Crippen molar-refractivity contribution >= 4 is 87.8 Å². The molecule has 33 heteroatoms. The molecule has 9 amide bonds. The molecule has 0 aliphatic carbocycles. The Bertz CT molecular complexity index is 2920. The lowest BCUT2D eigenvalue weighted by atomic mass is 10.0. The second-order valence-corrected chi connectivity index (χ2v) is 23.5. The number of aromatic amines is 1. The van der Waals surface area contributed by atoms with Crippen LogP contribution in [0.15, 0.2) is 59.7 Å². The van der Waals surface area contributed by atoms with Crippen molar-refractivity contribution < 1.29 is 73.5 Å². The van der Waals surface area contributed by atoms with Crippen molar-refractivity contribution in [2.45, 2.75) is 176 Å². The summed E-state index contributed by atoms with van der Waals surface area (Å²) in [4.78, 5) is 146. The third kappa shape index (κ3) is 27.9. The molecule has 27 N–H and O–H groups in total. The van der Waals surface area contributed by atoms with Gasteiger partial charge in [0, 0.05) is 36.5 Å². The lowest BCUT2D eigenvalue weighted by molar-refractivity contribution is -0.145. The van der Waals surface area contributed by atoms with Crippen LogP contribution in [-0.4, -0.2) is 213 Å². The zero-order chi connectivity index (χ0) is 69.2. The van der Waals surface area contributed by atoms with Gasteiger partial charge in [-0.2, -0.15) is 11.8 Å². The number of carbonyl (C=O) groups is 10. The van der Waals surface area contributed by atoms with E-state index >= 15 is 0 Å². The number of aromatic nitrogens is 1. The number of fused-ring (bicyclic) bond motifs is 1. The molecule has 0 unspecified atom stereocenters. The number of nitrogens with zero attached hydrogens (tertiary/aromatic N) is 1. The van der Waals surface area contributed by atoms with Crippen LogP contribution in [0.2, 0.25) is 0 Å². The number of phenolic OH excluding ortho intramolecular Hbond substituents is 1. The standard InChI is InChI=1S/C60H97N17O15S/c1-33(79)48(76-50(82)39(64)14-6-9-24-61)58(90)72-43(18-12-27-67-60(65)66)52(84)74-46(30-36-31-68-40-15-5-4-13-38(36)40)56(88)73-45(29-35-19-21-37(81)22-20-35)55(87)75-47(32-78)57(89)71-44(23-28-93-3)53(85)69-41(16-7-10-25-62)51(83)70-42(17-8-11-26-63)54(86)77-49(34(2)80)59(91)92/h4-5,13,15,19-22,31,33-34,39,41-49,68,78-81H,6-12,14,16-18,23-30,32,61-64H2,1-3H3,(H,69,85)(H,70,83)(H,71,89)(H,72,90)(H,73,88)(H,74,84)(H,75,87)(H,76,82)(H,77,86)(H,91,92)(H4,65,66,67)/t33-,34-,39+,41+,42+,43+,44+,45+,46+,47+,48+,49+/m1/s1. The van der Waals surface area contributed by atoms with Gasteiger partial charge in [-0.25, -0.2) is 4.79 Å². The quantitative estimate of drug-likeness (QED) is 0.0144. The second kappa shape index (κ2) is 42.1. The van der Waals surface area contributed by atoms with Gasteiger partial charge in [-0.1, -0.05) is 36.8 Å². The SMILES string of the molecule is CSCC[C@H](NC(=O)[C@H](CO)NC(=O)[C@H](Cc1ccc(O)cc1)NC(=O)[C@H](Cc1c[nH]c2ccccc12)NC(=O)[C@H](CCCN=C(N)N)NC(=O)[C@@H](NC(=O)[C@@H](N)CCCCN)[C@@H](C)O)C(=O)N[C@@H](CCCCN)C(=O)N[C@@H](CCCCN)C(=O)N[C@H](C(=O)O)[C@@H](C)O. The summed E-state index contributed by atoms with van der Waals surface area (Å²) in [5.74, 6) is -10.1. The number of aliphatic hydroxyl groups is 3. The van der Waals surface area contributed by atoms with E-state index in [-0.39, 0.29) is 88.5 Å². The normalized spacial score (nSPS) is 15.1. The zero-order valence-corrected chi connectivity index (χ0v) is 53.7. The number of benzene rings is 2. The van der Waals surface area contributed by atoms with Gasteiger partial charge in [-0.15, -0.1) is 0 Å². The molecule has 0 saturated carbocycles. The fraction of sp³-hybridized carbons (Fsp3) is 0.583. The Labute approximate surface area is 544 Å². The average Bonchev–Trinajstić information content (AvgIpc) is 1.95. The van der Waals surface area contributed by atoms with Gasteiger partial charge in [0.25, 0.3) is 0 Å². The number of amides is 9.